The summed E-state index contributed by atoms with van der Waals surface area (Å²) in [4.78, 5) is 15.7. The molecular formula is C15H13ClF3NO2. The zero-order chi connectivity index (χ0) is 16.5. The van der Waals surface area contributed by atoms with E-state index in [1.165, 1.54) is 13.3 Å². The van der Waals surface area contributed by atoms with E-state index in [4.69, 9.17) is 11.6 Å². The van der Waals surface area contributed by atoms with E-state index in [0.717, 1.165) is 18.2 Å². The summed E-state index contributed by atoms with van der Waals surface area (Å²) < 4.78 is 38.4. The number of rotatable bonds is 2. The minimum Gasteiger partial charge on any atom is -0.511 e. The number of benzene rings is 1. The molecular weight excluding hydrogens is 319 g/mol. The molecule has 0 radical (unpaired) electrons. The Balaban J connectivity index is 2.40. The first-order valence-electron chi connectivity index (χ1n) is 6.48. The van der Waals surface area contributed by atoms with Crippen LogP contribution in [0.25, 0.3) is 0 Å². The number of halogens is 4. The Kier molecular flexibility index (Phi) is 4.60. The molecule has 0 bridgehead atoms. The van der Waals surface area contributed by atoms with Crippen molar-refractivity contribution >= 4 is 23.6 Å². The summed E-state index contributed by atoms with van der Waals surface area (Å²) in [5.74, 6) is -1.13. The predicted molar refractivity (Wildman–Crippen MR) is 77.5 cm³/mol. The maximum absolute atomic E-state index is 12.8. The number of nitrogens with zero attached hydrogens (tertiary/aromatic N) is 1. The average molecular weight is 332 g/mol. The van der Waals surface area contributed by atoms with Gasteiger partial charge in [-0.15, -0.1) is 0 Å². The SMILES string of the molecule is CN=CC1=C(O)CC(c2cc(C(F)(F)F)ccc2Cl)CC1=O. The van der Waals surface area contributed by atoms with Crippen LogP contribution in [0.2, 0.25) is 5.02 Å². The molecule has 22 heavy (non-hydrogen) atoms. The zero-order valence-corrected chi connectivity index (χ0v) is 12.4. The third kappa shape index (κ3) is 3.32. The highest BCUT2D eigenvalue weighted by molar-refractivity contribution is 6.31. The van der Waals surface area contributed by atoms with Gasteiger partial charge in [-0.2, -0.15) is 13.2 Å². The maximum Gasteiger partial charge on any atom is 0.416 e. The number of carbonyl (C=O) groups is 1. The molecule has 1 unspecified atom stereocenters. The van der Waals surface area contributed by atoms with Crippen LogP contribution in [0.4, 0.5) is 13.2 Å². The molecule has 1 N–H and O–H groups in total. The molecule has 0 fully saturated rings. The van der Waals surface area contributed by atoms with E-state index in [0.29, 0.717) is 0 Å². The van der Waals surface area contributed by atoms with Crippen molar-refractivity contribution in [3.05, 3.63) is 45.7 Å². The van der Waals surface area contributed by atoms with Crippen LogP contribution < -0.4 is 0 Å². The van der Waals surface area contributed by atoms with Gasteiger partial charge in [-0.05, 0) is 29.7 Å². The van der Waals surface area contributed by atoms with Gasteiger partial charge >= 0.3 is 6.18 Å². The van der Waals surface area contributed by atoms with Crippen LogP contribution in [0.15, 0.2) is 34.5 Å². The van der Waals surface area contributed by atoms with Gasteiger partial charge in [-0.3, -0.25) is 9.79 Å². The second-order valence-electron chi connectivity index (χ2n) is 5.01. The molecule has 1 aromatic rings. The second kappa shape index (κ2) is 6.12. The molecule has 0 aromatic heterocycles. The first kappa shape index (κ1) is 16.5. The van der Waals surface area contributed by atoms with E-state index in [1.54, 1.807) is 0 Å². The number of hydrogen-bond acceptors (Lipinski definition) is 3. The molecule has 1 aromatic carbocycles. The van der Waals surface area contributed by atoms with Gasteiger partial charge in [0.25, 0.3) is 0 Å². The van der Waals surface area contributed by atoms with E-state index in [1.807, 2.05) is 0 Å². The number of aliphatic hydroxyl groups excluding tert-OH is 1. The van der Waals surface area contributed by atoms with Crippen molar-refractivity contribution in [2.75, 3.05) is 7.05 Å². The number of hydrogen-bond donors (Lipinski definition) is 1. The van der Waals surface area contributed by atoms with Gasteiger partial charge in [0.05, 0.1) is 11.1 Å². The molecule has 3 nitrogen and oxygen atoms in total. The van der Waals surface area contributed by atoms with Gasteiger partial charge in [0.15, 0.2) is 5.78 Å². The molecule has 2 rings (SSSR count). The van der Waals surface area contributed by atoms with E-state index in [-0.39, 0.29) is 40.5 Å². The van der Waals surface area contributed by atoms with E-state index < -0.39 is 17.7 Å². The lowest BCUT2D eigenvalue weighted by molar-refractivity contribution is -0.137. The normalized spacial score (nSPS) is 20.0. The predicted octanol–water partition coefficient (Wildman–Crippen LogP) is 4.32. The summed E-state index contributed by atoms with van der Waals surface area (Å²) in [5.41, 5.74) is -0.519. The van der Waals surface area contributed by atoms with Crippen molar-refractivity contribution in [1.29, 1.82) is 0 Å². The molecule has 0 spiro atoms. The van der Waals surface area contributed by atoms with Gasteiger partial charge < -0.3 is 5.11 Å². The van der Waals surface area contributed by atoms with Crippen LogP contribution in [0.1, 0.15) is 29.9 Å². The van der Waals surface area contributed by atoms with Crippen LogP contribution in [0, 0.1) is 0 Å². The second-order valence-corrected chi connectivity index (χ2v) is 5.42. The topological polar surface area (TPSA) is 49.7 Å². The third-order valence-corrected chi connectivity index (χ3v) is 3.85. The highest BCUT2D eigenvalue weighted by Crippen LogP contribution is 2.39. The van der Waals surface area contributed by atoms with Crippen LogP contribution in [0.5, 0.6) is 0 Å². The summed E-state index contributed by atoms with van der Waals surface area (Å²) >= 11 is 5.97. The number of Topliss-reactive ketones (excluding diaryl/α,β-unsaturated/α-hetero) is 1. The van der Waals surface area contributed by atoms with Gasteiger partial charge in [-0.25, -0.2) is 0 Å². The average Bonchev–Trinajstić information content (AvgIpc) is 2.42. The molecule has 0 saturated carbocycles. The van der Waals surface area contributed by atoms with E-state index in [2.05, 4.69) is 4.99 Å². The van der Waals surface area contributed by atoms with E-state index in [9.17, 15) is 23.1 Å². The van der Waals surface area contributed by atoms with Crippen LogP contribution in [0.3, 0.4) is 0 Å². The smallest absolute Gasteiger partial charge is 0.416 e. The van der Waals surface area contributed by atoms with Crippen LogP contribution in [-0.4, -0.2) is 24.2 Å². The lowest BCUT2D eigenvalue weighted by Gasteiger charge is -2.24. The monoisotopic (exact) mass is 331 g/mol. The first-order chi connectivity index (χ1) is 10.2. The number of alkyl halides is 3. The molecule has 1 aliphatic rings. The molecule has 0 aliphatic heterocycles. The Bertz CT molecular complexity index is 665. The Morgan fingerprint density at radius 3 is 2.59 bits per heavy atom. The van der Waals surface area contributed by atoms with E-state index >= 15 is 0 Å². The number of allylic oxidation sites excluding steroid dienone is 2. The Morgan fingerprint density at radius 2 is 2.05 bits per heavy atom. The lowest BCUT2D eigenvalue weighted by atomic mass is 9.82. The summed E-state index contributed by atoms with van der Waals surface area (Å²) in [7, 11) is 1.46. The molecule has 118 valence electrons. The van der Waals surface area contributed by atoms with Crippen molar-refractivity contribution in [2.24, 2.45) is 4.99 Å². The third-order valence-electron chi connectivity index (χ3n) is 3.50. The molecule has 7 heteroatoms. The van der Waals surface area contributed by atoms with Crippen molar-refractivity contribution in [2.45, 2.75) is 24.9 Å². The van der Waals surface area contributed by atoms with Gasteiger partial charge in [0.2, 0.25) is 0 Å². The fourth-order valence-corrected chi connectivity index (χ4v) is 2.71. The fraction of sp³-hybridized carbons (Fsp3) is 0.333. The van der Waals surface area contributed by atoms with Crippen molar-refractivity contribution in [3.63, 3.8) is 0 Å². The molecule has 1 atom stereocenters. The number of aliphatic hydroxyl groups is 1. The van der Waals surface area contributed by atoms with Crippen LogP contribution >= 0.6 is 11.6 Å². The van der Waals surface area contributed by atoms with Gasteiger partial charge in [0, 0.05) is 31.1 Å². The highest BCUT2D eigenvalue weighted by atomic mass is 35.5. The number of ketones is 1. The summed E-state index contributed by atoms with van der Waals surface area (Å²) in [6.45, 7) is 0. The Hall–Kier alpha value is -1.82. The van der Waals surface area contributed by atoms with Gasteiger partial charge in [-0.1, -0.05) is 11.6 Å². The van der Waals surface area contributed by atoms with Crippen LogP contribution in [-0.2, 0) is 11.0 Å². The highest BCUT2D eigenvalue weighted by Gasteiger charge is 2.34. The lowest BCUT2D eigenvalue weighted by Crippen LogP contribution is -2.20. The minimum atomic E-state index is -4.49. The quantitative estimate of drug-likeness (QED) is 0.821. The number of carbonyl (C=O) groups excluding carboxylic acids is 1. The summed E-state index contributed by atoms with van der Waals surface area (Å²) in [5, 5.41) is 10.1. The van der Waals surface area contributed by atoms with Crippen molar-refractivity contribution in [1.82, 2.24) is 0 Å². The van der Waals surface area contributed by atoms with Gasteiger partial charge in [0.1, 0.15) is 5.76 Å². The standard InChI is InChI=1S/C15H13ClF3NO2/c1-20-7-11-13(21)4-8(5-14(11)22)10-6-9(15(17,18)19)2-3-12(10)16/h2-3,6-8,21H,4-5H2,1H3. The maximum atomic E-state index is 12.8. The molecule has 0 saturated heterocycles. The zero-order valence-electron chi connectivity index (χ0n) is 11.6. The fourth-order valence-electron chi connectivity index (χ4n) is 2.44. The summed E-state index contributed by atoms with van der Waals surface area (Å²) in [6, 6.07) is 2.99. The summed E-state index contributed by atoms with van der Waals surface area (Å²) in [6.07, 6.45) is -3.21. The first-order valence-corrected chi connectivity index (χ1v) is 6.86. The largest absolute Gasteiger partial charge is 0.511 e. The molecule has 0 amide bonds. The minimum absolute atomic E-state index is 0.0214. The molecule has 0 heterocycles. The number of aliphatic imine (C=N–C) groups is 1. The Morgan fingerprint density at radius 1 is 1.36 bits per heavy atom. The van der Waals surface area contributed by atoms with Crippen molar-refractivity contribution in [3.8, 4) is 0 Å². The Labute approximate surface area is 130 Å². The van der Waals surface area contributed by atoms with Crippen molar-refractivity contribution < 1.29 is 23.1 Å². The molecule has 1 aliphatic carbocycles.